The summed E-state index contributed by atoms with van der Waals surface area (Å²) in [6.45, 7) is 11.7. The Kier molecular flexibility index (Phi) is 8.86. The lowest BCUT2D eigenvalue weighted by Gasteiger charge is -2.07. The van der Waals surface area contributed by atoms with E-state index in [2.05, 4.69) is 49.7 Å². The normalized spacial score (nSPS) is 11.9. The summed E-state index contributed by atoms with van der Waals surface area (Å²) in [4.78, 5) is 4.28. The lowest BCUT2D eigenvalue weighted by Crippen LogP contribution is -1.98. The minimum Gasteiger partial charge on any atom is -0.507 e. The highest BCUT2D eigenvalue weighted by Crippen LogP contribution is 2.21. The van der Waals surface area contributed by atoms with E-state index in [9.17, 15) is 5.11 Å². The van der Waals surface area contributed by atoms with Crippen LogP contribution in [-0.4, -0.2) is 17.9 Å². The summed E-state index contributed by atoms with van der Waals surface area (Å²) in [6.07, 6.45) is 5.95. The number of benzene rings is 2. The molecule has 0 saturated carbocycles. The number of phenolic OH excluding ortho intramolecular Hbond substituents is 1. The molecule has 0 unspecified atom stereocenters. The minimum atomic E-state index is 0.251. The van der Waals surface area contributed by atoms with Crippen molar-refractivity contribution >= 4 is 11.3 Å². The molecule has 2 aromatic rings. The van der Waals surface area contributed by atoms with Gasteiger partial charge in [-0.3, -0.25) is 4.99 Å². The van der Waals surface area contributed by atoms with Crippen LogP contribution in [0.4, 0.5) is 0 Å². The summed E-state index contributed by atoms with van der Waals surface area (Å²) in [7, 11) is 1.74. The second-order valence-corrected chi connectivity index (χ2v) is 6.17. The number of hydrogen-bond donors (Lipinski definition) is 1. The first-order valence-corrected chi connectivity index (χ1v) is 8.67. The molecule has 26 heavy (non-hydrogen) atoms. The first-order valence-electron chi connectivity index (χ1n) is 8.67. The predicted molar refractivity (Wildman–Crippen MR) is 115 cm³/mol. The zero-order chi connectivity index (χ0) is 19.5. The van der Waals surface area contributed by atoms with Crippen LogP contribution < -0.4 is 0 Å². The molecule has 0 atom stereocenters. The van der Waals surface area contributed by atoms with Gasteiger partial charge in [0.1, 0.15) is 5.75 Å². The molecule has 0 aromatic heterocycles. The lowest BCUT2D eigenvalue weighted by atomic mass is 10.0. The Morgan fingerprint density at radius 1 is 1.04 bits per heavy atom. The number of para-hydroxylation sites is 1. The van der Waals surface area contributed by atoms with E-state index >= 15 is 0 Å². The molecule has 0 aliphatic carbocycles. The van der Waals surface area contributed by atoms with Crippen LogP contribution in [-0.2, 0) is 0 Å². The largest absolute Gasteiger partial charge is 0.507 e. The molecule has 0 amide bonds. The maximum atomic E-state index is 9.92. The number of aromatic hydroxyl groups is 1. The Bertz CT molecular complexity index is 808. The number of hydrogen-bond acceptors (Lipinski definition) is 2. The molecule has 0 saturated heterocycles. The molecule has 0 aliphatic heterocycles. The van der Waals surface area contributed by atoms with Gasteiger partial charge in [-0.15, -0.1) is 0 Å². The van der Waals surface area contributed by atoms with Crippen LogP contribution in [0, 0.1) is 6.92 Å². The lowest BCUT2D eigenvalue weighted by molar-refractivity contribution is 0.474. The second-order valence-electron chi connectivity index (χ2n) is 6.17. The summed E-state index contributed by atoms with van der Waals surface area (Å²) in [5.74, 6) is 0.251. The average molecular weight is 348 g/mol. The Balaban J connectivity index is 0.000000487. The van der Waals surface area contributed by atoms with Crippen molar-refractivity contribution in [1.82, 2.24) is 0 Å². The van der Waals surface area contributed by atoms with Crippen LogP contribution >= 0.6 is 0 Å². The van der Waals surface area contributed by atoms with Crippen LogP contribution in [0.25, 0.3) is 5.57 Å². The van der Waals surface area contributed by atoms with Gasteiger partial charge in [-0.05, 0) is 57.0 Å². The Hall–Kier alpha value is -2.87. The standard InChI is InChI=1S/C18H19NO.C6H10/c1-13-8-10-15(11-9-13)14(2)12-17(19-3)16-6-4-5-7-18(16)20;1-4-5-6(2)3/h4-12,20H,1-3H3;4-5H,2H2,1,3H3/b14-12+,19-17?;5-4-. The van der Waals surface area contributed by atoms with Gasteiger partial charge in [0, 0.05) is 12.6 Å². The second kappa shape index (κ2) is 10.9. The molecule has 2 aromatic carbocycles. The first kappa shape index (κ1) is 21.2. The number of nitrogens with zero attached hydrogens (tertiary/aromatic N) is 1. The Morgan fingerprint density at radius 3 is 2.12 bits per heavy atom. The van der Waals surface area contributed by atoms with E-state index in [4.69, 9.17) is 0 Å². The fourth-order valence-electron chi connectivity index (χ4n) is 2.34. The van der Waals surface area contributed by atoms with E-state index in [1.54, 1.807) is 13.1 Å². The van der Waals surface area contributed by atoms with Crippen molar-refractivity contribution in [3.05, 3.63) is 95.6 Å². The van der Waals surface area contributed by atoms with Crippen molar-refractivity contribution in [2.75, 3.05) is 7.05 Å². The van der Waals surface area contributed by atoms with Gasteiger partial charge >= 0.3 is 0 Å². The molecule has 2 rings (SSSR count). The predicted octanol–water partition coefficient (Wildman–Crippen LogP) is 6.36. The van der Waals surface area contributed by atoms with E-state index in [1.165, 1.54) is 5.56 Å². The molecular formula is C24H29NO. The van der Waals surface area contributed by atoms with Crippen molar-refractivity contribution in [1.29, 1.82) is 0 Å². The van der Waals surface area contributed by atoms with E-state index in [1.807, 2.05) is 50.3 Å². The third-order valence-electron chi connectivity index (χ3n) is 3.73. The van der Waals surface area contributed by atoms with Crippen LogP contribution in [0.5, 0.6) is 5.75 Å². The fourth-order valence-corrected chi connectivity index (χ4v) is 2.34. The quantitative estimate of drug-likeness (QED) is 0.506. The molecule has 0 spiro atoms. The highest BCUT2D eigenvalue weighted by Gasteiger charge is 2.06. The van der Waals surface area contributed by atoms with Gasteiger partial charge in [0.15, 0.2) is 0 Å². The zero-order valence-corrected chi connectivity index (χ0v) is 16.5. The molecule has 136 valence electrons. The minimum absolute atomic E-state index is 0.251. The van der Waals surface area contributed by atoms with Crippen molar-refractivity contribution < 1.29 is 5.11 Å². The van der Waals surface area contributed by atoms with Gasteiger partial charge in [-0.1, -0.05) is 66.3 Å². The third kappa shape index (κ3) is 6.94. The zero-order valence-electron chi connectivity index (χ0n) is 16.5. The van der Waals surface area contributed by atoms with Crippen LogP contribution in [0.15, 0.2) is 83.9 Å². The number of aryl methyl sites for hydroxylation is 1. The van der Waals surface area contributed by atoms with E-state index in [-0.39, 0.29) is 5.75 Å². The number of phenols is 1. The van der Waals surface area contributed by atoms with Crippen molar-refractivity contribution in [2.24, 2.45) is 4.99 Å². The number of allylic oxidation sites excluding steroid dienone is 5. The number of aliphatic imine (C=N–C) groups is 1. The third-order valence-corrected chi connectivity index (χ3v) is 3.73. The van der Waals surface area contributed by atoms with Gasteiger partial charge in [-0.2, -0.15) is 0 Å². The highest BCUT2D eigenvalue weighted by atomic mass is 16.3. The average Bonchev–Trinajstić information content (AvgIpc) is 2.61. The van der Waals surface area contributed by atoms with E-state index in [0.717, 1.165) is 28.0 Å². The fraction of sp³-hybridized carbons (Fsp3) is 0.208. The van der Waals surface area contributed by atoms with Crippen LogP contribution in [0.3, 0.4) is 0 Å². The molecule has 2 heteroatoms. The summed E-state index contributed by atoms with van der Waals surface area (Å²) in [5.41, 5.74) is 6.16. The molecular weight excluding hydrogens is 318 g/mol. The maximum Gasteiger partial charge on any atom is 0.124 e. The van der Waals surface area contributed by atoms with Crippen molar-refractivity contribution in [2.45, 2.75) is 27.7 Å². The number of rotatable bonds is 4. The molecule has 2 nitrogen and oxygen atoms in total. The van der Waals surface area contributed by atoms with E-state index in [0.29, 0.717) is 0 Å². The molecule has 0 bridgehead atoms. The van der Waals surface area contributed by atoms with Gasteiger partial charge < -0.3 is 5.11 Å². The van der Waals surface area contributed by atoms with Crippen molar-refractivity contribution in [3.8, 4) is 5.75 Å². The summed E-state index contributed by atoms with van der Waals surface area (Å²) >= 11 is 0. The molecule has 0 heterocycles. The molecule has 0 radical (unpaired) electrons. The molecule has 0 fully saturated rings. The van der Waals surface area contributed by atoms with Gasteiger partial charge in [0.05, 0.1) is 5.71 Å². The first-order chi connectivity index (χ1) is 12.4. The molecule has 1 N–H and O–H groups in total. The highest BCUT2D eigenvalue weighted by molar-refractivity contribution is 6.13. The summed E-state index contributed by atoms with van der Waals surface area (Å²) in [6, 6.07) is 15.6. The summed E-state index contributed by atoms with van der Waals surface area (Å²) in [5, 5.41) is 9.92. The monoisotopic (exact) mass is 347 g/mol. The van der Waals surface area contributed by atoms with E-state index < -0.39 is 0 Å². The van der Waals surface area contributed by atoms with Gasteiger partial charge in [-0.25, -0.2) is 0 Å². The van der Waals surface area contributed by atoms with Crippen LogP contribution in [0.1, 0.15) is 37.5 Å². The topological polar surface area (TPSA) is 32.6 Å². The van der Waals surface area contributed by atoms with Gasteiger partial charge in [0.2, 0.25) is 0 Å². The molecule has 0 aliphatic rings. The van der Waals surface area contributed by atoms with Crippen LogP contribution in [0.2, 0.25) is 0 Å². The van der Waals surface area contributed by atoms with Crippen molar-refractivity contribution in [3.63, 3.8) is 0 Å². The van der Waals surface area contributed by atoms with Gasteiger partial charge in [0.25, 0.3) is 0 Å². The Labute approximate surface area is 157 Å². The summed E-state index contributed by atoms with van der Waals surface area (Å²) < 4.78 is 0. The Morgan fingerprint density at radius 2 is 1.65 bits per heavy atom. The SMILES string of the molecule is C=C(C)/C=C\C.CN=C(/C=C(\C)c1ccc(C)cc1)c1ccccc1O. The maximum absolute atomic E-state index is 9.92. The smallest absolute Gasteiger partial charge is 0.124 e.